The molecule has 1 heterocycles. The van der Waals surface area contributed by atoms with Gasteiger partial charge < -0.3 is 18.9 Å². The van der Waals surface area contributed by atoms with Crippen molar-refractivity contribution in [1.29, 1.82) is 0 Å². The molecule has 0 radical (unpaired) electrons. The minimum atomic E-state index is -0.432. The van der Waals surface area contributed by atoms with E-state index >= 15 is 0 Å². The fourth-order valence-electron chi connectivity index (χ4n) is 3.01. The first-order valence-corrected chi connectivity index (χ1v) is 6.96. The number of para-hydroxylation sites is 1. The van der Waals surface area contributed by atoms with E-state index in [4.69, 9.17) is 18.9 Å². The predicted molar refractivity (Wildman–Crippen MR) is 76.0 cm³/mol. The summed E-state index contributed by atoms with van der Waals surface area (Å²) in [7, 11) is 3.32. The highest BCUT2D eigenvalue weighted by Crippen LogP contribution is 2.43. The Morgan fingerprint density at radius 3 is 2.60 bits per heavy atom. The average molecular weight is 276 g/mol. The zero-order valence-corrected chi connectivity index (χ0v) is 12.0. The van der Waals surface area contributed by atoms with Crippen LogP contribution in [0.4, 0.5) is 0 Å². The lowest BCUT2D eigenvalue weighted by molar-refractivity contribution is -0.158. The number of rotatable bonds is 3. The van der Waals surface area contributed by atoms with Crippen molar-refractivity contribution >= 4 is 5.57 Å². The molecule has 1 saturated heterocycles. The van der Waals surface area contributed by atoms with E-state index in [-0.39, 0.29) is 0 Å². The lowest BCUT2D eigenvalue weighted by Gasteiger charge is -2.32. The van der Waals surface area contributed by atoms with E-state index in [1.807, 2.05) is 12.1 Å². The smallest absolute Gasteiger partial charge is 0.172 e. The van der Waals surface area contributed by atoms with Crippen molar-refractivity contribution in [2.75, 3.05) is 27.4 Å². The highest BCUT2D eigenvalue weighted by Gasteiger charge is 2.39. The summed E-state index contributed by atoms with van der Waals surface area (Å²) < 4.78 is 22.6. The molecule has 0 N–H and O–H groups in total. The van der Waals surface area contributed by atoms with Crippen molar-refractivity contribution in [2.24, 2.45) is 0 Å². The minimum absolute atomic E-state index is 0.432. The quantitative estimate of drug-likeness (QED) is 0.850. The molecule has 0 aromatic heterocycles. The Morgan fingerprint density at radius 1 is 1.10 bits per heavy atom. The Labute approximate surface area is 119 Å². The lowest BCUT2D eigenvalue weighted by atomic mass is 9.88. The van der Waals surface area contributed by atoms with Crippen molar-refractivity contribution in [3.63, 3.8) is 0 Å². The van der Waals surface area contributed by atoms with Gasteiger partial charge in [0, 0.05) is 18.4 Å². The zero-order valence-electron chi connectivity index (χ0n) is 12.0. The summed E-state index contributed by atoms with van der Waals surface area (Å²) in [6, 6.07) is 5.94. The summed E-state index contributed by atoms with van der Waals surface area (Å²) in [5.74, 6) is 1.09. The minimum Gasteiger partial charge on any atom is -0.493 e. The SMILES string of the molecule is COc1cccc(C2=CCCC3(C2)OCCO3)c1OC. The largest absolute Gasteiger partial charge is 0.493 e. The van der Waals surface area contributed by atoms with E-state index in [1.54, 1.807) is 14.2 Å². The first-order chi connectivity index (χ1) is 9.78. The molecule has 0 amide bonds. The standard InChI is InChI=1S/C16H20O4/c1-17-14-7-3-6-13(15(14)18-2)12-5-4-8-16(11-12)19-9-10-20-16/h3,5-7H,4,8-11H2,1-2H3. The number of methoxy groups -OCH3 is 2. The molecule has 20 heavy (non-hydrogen) atoms. The van der Waals surface area contributed by atoms with Crippen LogP contribution in [0.5, 0.6) is 11.5 Å². The van der Waals surface area contributed by atoms with Gasteiger partial charge in [-0.3, -0.25) is 0 Å². The molecule has 1 aromatic carbocycles. The summed E-state index contributed by atoms with van der Waals surface area (Å²) >= 11 is 0. The molecule has 1 fully saturated rings. The Kier molecular flexibility index (Phi) is 3.68. The maximum Gasteiger partial charge on any atom is 0.172 e. The van der Waals surface area contributed by atoms with Gasteiger partial charge in [-0.1, -0.05) is 18.2 Å². The van der Waals surface area contributed by atoms with Gasteiger partial charge in [-0.2, -0.15) is 0 Å². The molecular weight excluding hydrogens is 256 g/mol. The van der Waals surface area contributed by atoms with Gasteiger partial charge in [0.15, 0.2) is 17.3 Å². The topological polar surface area (TPSA) is 36.9 Å². The van der Waals surface area contributed by atoms with Crippen LogP contribution in [0.1, 0.15) is 24.8 Å². The molecule has 1 aliphatic carbocycles. The van der Waals surface area contributed by atoms with Gasteiger partial charge in [0.05, 0.1) is 27.4 Å². The number of benzene rings is 1. The van der Waals surface area contributed by atoms with E-state index in [0.717, 1.165) is 36.3 Å². The van der Waals surface area contributed by atoms with Gasteiger partial charge in [-0.05, 0) is 18.1 Å². The summed E-state index contributed by atoms with van der Waals surface area (Å²) in [6.45, 7) is 1.37. The average Bonchev–Trinajstić information content (AvgIpc) is 2.94. The van der Waals surface area contributed by atoms with Gasteiger partial charge >= 0.3 is 0 Å². The van der Waals surface area contributed by atoms with Crippen LogP contribution in [0.2, 0.25) is 0 Å². The number of hydrogen-bond donors (Lipinski definition) is 0. The maximum absolute atomic E-state index is 5.83. The molecule has 2 aliphatic rings. The van der Waals surface area contributed by atoms with E-state index in [0.29, 0.717) is 13.2 Å². The van der Waals surface area contributed by atoms with Crippen LogP contribution < -0.4 is 9.47 Å². The molecule has 4 heteroatoms. The van der Waals surface area contributed by atoms with Crippen LogP contribution in [0.25, 0.3) is 5.57 Å². The highest BCUT2D eigenvalue weighted by atomic mass is 16.7. The van der Waals surface area contributed by atoms with Crippen molar-refractivity contribution in [3.8, 4) is 11.5 Å². The number of ether oxygens (including phenoxy) is 4. The van der Waals surface area contributed by atoms with Crippen LogP contribution in [-0.4, -0.2) is 33.2 Å². The fraction of sp³-hybridized carbons (Fsp3) is 0.500. The van der Waals surface area contributed by atoms with Gasteiger partial charge in [0.1, 0.15) is 0 Å². The molecule has 0 atom stereocenters. The summed E-state index contributed by atoms with van der Waals surface area (Å²) in [5, 5.41) is 0. The fourth-order valence-corrected chi connectivity index (χ4v) is 3.01. The molecule has 4 nitrogen and oxygen atoms in total. The van der Waals surface area contributed by atoms with Gasteiger partial charge in [-0.25, -0.2) is 0 Å². The van der Waals surface area contributed by atoms with E-state index in [2.05, 4.69) is 12.1 Å². The molecule has 1 aromatic rings. The molecule has 1 aliphatic heterocycles. The summed E-state index contributed by atoms with van der Waals surface area (Å²) in [5.41, 5.74) is 2.26. The maximum atomic E-state index is 5.83. The molecule has 1 spiro atoms. The third-order valence-corrected chi connectivity index (χ3v) is 3.94. The third-order valence-electron chi connectivity index (χ3n) is 3.94. The van der Waals surface area contributed by atoms with E-state index < -0.39 is 5.79 Å². The molecule has 3 rings (SSSR count). The number of hydrogen-bond acceptors (Lipinski definition) is 4. The Morgan fingerprint density at radius 2 is 1.90 bits per heavy atom. The van der Waals surface area contributed by atoms with Crippen LogP contribution >= 0.6 is 0 Å². The summed E-state index contributed by atoms with van der Waals surface area (Å²) in [4.78, 5) is 0. The molecule has 0 saturated carbocycles. The normalized spacial score (nSPS) is 20.8. The Hall–Kier alpha value is -1.52. The van der Waals surface area contributed by atoms with E-state index in [1.165, 1.54) is 5.57 Å². The second-order valence-corrected chi connectivity index (χ2v) is 5.09. The first-order valence-electron chi connectivity index (χ1n) is 6.96. The van der Waals surface area contributed by atoms with Crippen molar-refractivity contribution < 1.29 is 18.9 Å². The Balaban J connectivity index is 1.94. The predicted octanol–water partition coefficient (Wildman–Crippen LogP) is 3.01. The summed E-state index contributed by atoms with van der Waals surface area (Å²) in [6.07, 6.45) is 4.88. The van der Waals surface area contributed by atoms with Crippen LogP contribution in [0.15, 0.2) is 24.3 Å². The highest BCUT2D eigenvalue weighted by molar-refractivity contribution is 5.74. The first kappa shape index (κ1) is 13.5. The van der Waals surface area contributed by atoms with Crippen molar-refractivity contribution in [1.82, 2.24) is 0 Å². The molecular formula is C16H20O4. The van der Waals surface area contributed by atoms with Gasteiger partial charge in [-0.15, -0.1) is 0 Å². The monoisotopic (exact) mass is 276 g/mol. The Bertz CT molecular complexity index is 515. The zero-order chi connectivity index (χ0) is 14.0. The second-order valence-electron chi connectivity index (χ2n) is 5.09. The molecule has 108 valence electrons. The van der Waals surface area contributed by atoms with Crippen molar-refractivity contribution in [3.05, 3.63) is 29.8 Å². The van der Waals surface area contributed by atoms with Gasteiger partial charge in [0.2, 0.25) is 0 Å². The van der Waals surface area contributed by atoms with Gasteiger partial charge in [0.25, 0.3) is 0 Å². The van der Waals surface area contributed by atoms with E-state index in [9.17, 15) is 0 Å². The third kappa shape index (κ3) is 2.30. The van der Waals surface area contributed by atoms with Crippen LogP contribution in [0, 0.1) is 0 Å². The van der Waals surface area contributed by atoms with Crippen molar-refractivity contribution in [2.45, 2.75) is 25.0 Å². The van der Waals surface area contributed by atoms with Crippen LogP contribution in [0.3, 0.4) is 0 Å². The number of allylic oxidation sites excluding steroid dienone is 1. The lowest BCUT2D eigenvalue weighted by Crippen LogP contribution is -2.32. The second kappa shape index (κ2) is 5.46. The molecule has 0 bridgehead atoms. The molecule has 0 unspecified atom stereocenters. The van der Waals surface area contributed by atoms with Crippen LogP contribution in [-0.2, 0) is 9.47 Å².